The number of rotatable bonds is 6. The summed E-state index contributed by atoms with van der Waals surface area (Å²) in [6, 6.07) is 13.5. The summed E-state index contributed by atoms with van der Waals surface area (Å²) in [4.78, 5) is 11.4. The van der Waals surface area contributed by atoms with Crippen LogP contribution in [0.3, 0.4) is 0 Å². The lowest BCUT2D eigenvalue weighted by molar-refractivity contribution is -0.141. The summed E-state index contributed by atoms with van der Waals surface area (Å²) in [5, 5.41) is 3.31. The van der Waals surface area contributed by atoms with Crippen molar-refractivity contribution >= 4 is 5.97 Å². The van der Waals surface area contributed by atoms with Gasteiger partial charge in [0, 0.05) is 6.54 Å². The topological polar surface area (TPSA) is 51.5 Å². The van der Waals surface area contributed by atoms with E-state index in [1.807, 2.05) is 42.5 Å². The van der Waals surface area contributed by atoms with Gasteiger partial charge in [0.15, 0.2) is 0 Å². The summed E-state index contributed by atoms with van der Waals surface area (Å²) in [5.41, 5.74) is 1.16. The number of carbonyl (C=O) groups excluding carboxylic acids is 1. The fourth-order valence-electron chi connectivity index (χ4n) is 1.85. The second kappa shape index (κ2) is 6.75. The van der Waals surface area contributed by atoms with E-state index < -0.39 is 0 Å². The Kier molecular flexibility index (Phi) is 4.75. The molecule has 0 radical (unpaired) electrons. The number of hydrogen-bond acceptors (Lipinski definition) is 4. The Bertz CT molecular complexity index is 493. The van der Waals surface area contributed by atoms with Gasteiger partial charge >= 0.3 is 5.97 Å². The molecule has 1 aromatic heterocycles. The highest BCUT2D eigenvalue weighted by Crippen LogP contribution is 2.18. The lowest BCUT2D eigenvalue weighted by Crippen LogP contribution is -2.23. The Hall–Kier alpha value is -2.07. The lowest BCUT2D eigenvalue weighted by Gasteiger charge is -2.15. The molecule has 0 saturated carbocycles. The zero-order valence-corrected chi connectivity index (χ0v) is 10.8. The molecule has 2 rings (SSSR count). The van der Waals surface area contributed by atoms with Crippen molar-refractivity contribution in [1.29, 1.82) is 0 Å². The number of furan rings is 1. The van der Waals surface area contributed by atoms with Crippen LogP contribution in [0.5, 0.6) is 0 Å². The number of esters is 1. The second-order valence-corrected chi connectivity index (χ2v) is 4.21. The van der Waals surface area contributed by atoms with Gasteiger partial charge in [-0.2, -0.15) is 0 Å². The molecule has 0 aliphatic carbocycles. The molecule has 0 aliphatic rings. The number of hydrogen-bond donors (Lipinski definition) is 1. The molecule has 0 unspecified atom stereocenters. The number of benzene rings is 1. The van der Waals surface area contributed by atoms with Gasteiger partial charge in [0.25, 0.3) is 0 Å². The summed E-state index contributed by atoms with van der Waals surface area (Å²) in [6.45, 7) is 0.670. The van der Waals surface area contributed by atoms with Gasteiger partial charge in [-0.1, -0.05) is 30.3 Å². The van der Waals surface area contributed by atoms with Crippen LogP contribution in [0.1, 0.15) is 23.8 Å². The number of nitrogens with one attached hydrogen (secondary N) is 1. The van der Waals surface area contributed by atoms with E-state index in [2.05, 4.69) is 5.32 Å². The maximum Gasteiger partial charge on any atom is 0.307 e. The number of methoxy groups -OCH3 is 1. The van der Waals surface area contributed by atoms with Gasteiger partial charge in [-0.3, -0.25) is 4.79 Å². The van der Waals surface area contributed by atoms with E-state index in [9.17, 15) is 4.79 Å². The van der Waals surface area contributed by atoms with Crippen molar-refractivity contribution in [3.63, 3.8) is 0 Å². The van der Waals surface area contributed by atoms with Crippen LogP contribution in [0, 0.1) is 0 Å². The van der Waals surface area contributed by atoms with Crippen molar-refractivity contribution in [1.82, 2.24) is 5.32 Å². The average Bonchev–Trinajstić information content (AvgIpc) is 2.98. The molecule has 4 nitrogen and oxygen atoms in total. The third kappa shape index (κ3) is 3.96. The van der Waals surface area contributed by atoms with E-state index in [1.165, 1.54) is 7.11 Å². The van der Waals surface area contributed by atoms with E-state index >= 15 is 0 Å². The van der Waals surface area contributed by atoms with Crippen LogP contribution < -0.4 is 5.32 Å². The summed E-state index contributed by atoms with van der Waals surface area (Å²) in [5.74, 6) is 0.475. The molecule has 19 heavy (non-hydrogen) atoms. The van der Waals surface area contributed by atoms with Crippen molar-refractivity contribution in [2.45, 2.75) is 19.0 Å². The maximum absolute atomic E-state index is 11.4. The third-order valence-corrected chi connectivity index (χ3v) is 2.88. The zero-order valence-electron chi connectivity index (χ0n) is 10.8. The minimum Gasteiger partial charge on any atom is -0.469 e. The molecule has 0 spiro atoms. The van der Waals surface area contributed by atoms with Crippen molar-refractivity contribution in [3.05, 3.63) is 60.1 Å². The van der Waals surface area contributed by atoms with Crippen molar-refractivity contribution in [3.8, 4) is 0 Å². The van der Waals surface area contributed by atoms with E-state index in [-0.39, 0.29) is 18.4 Å². The monoisotopic (exact) mass is 259 g/mol. The molecule has 1 N–H and O–H groups in total. The van der Waals surface area contributed by atoms with Gasteiger partial charge < -0.3 is 14.5 Å². The first-order valence-corrected chi connectivity index (χ1v) is 6.17. The highest BCUT2D eigenvalue weighted by molar-refractivity contribution is 5.70. The molecule has 2 aromatic rings. The Labute approximate surface area is 112 Å². The largest absolute Gasteiger partial charge is 0.469 e. The average molecular weight is 259 g/mol. The van der Waals surface area contributed by atoms with Crippen LogP contribution in [-0.2, 0) is 16.1 Å². The van der Waals surface area contributed by atoms with E-state index in [4.69, 9.17) is 9.15 Å². The summed E-state index contributed by atoms with van der Waals surface area (Å²) in [6.07, 6.45) is 1.85. The predicted molar refractivity (Wildman–Crippen MR) is 71.4 cm³/mol. The van der Waals surface area contributed by atoms with Gasteiger partial charge in [-0.25, -0.2) is 0 Å². The highest BCUT2D eigenvalue weighted by Gasteiger charge is 2.18. The molecule has 1 aromatic carbocycles. The first-order valence-electron chi connectivity index (χ1n) is 6.17. The molecule has 0 aliphatic heterocycles. The van der Waals surface area contributed by atoms with Gasteiger partial charge in [0.2, 0.25) is 0 Å². The molecule has 100 valence electrons. The van der Waals surface area contributed by atoms with Gasteiger partial charge in [-0.05, 0) is 17.7 Å². The molecule has 1 heterocycles. The van der Waals surface area contributed by atoms with E-state index in [0.717, 1.165) is 11.3 Å². The van der Waals surface area contributed by atoms with Gasteiger partial charge in [0.05, 0.1) is 25.8 Å². The van der Waals surface area contributed by atoms with Crippen LogP contribution >= 0.6 is 0 Å². The minimum absolute atomic E-state index is 0.178. The third-order valence-electron chi connectivity index (χ3n) is 2.88. The van der Waals surface area contributed by atoms with Crippen molar-refractivity contribution in [2.75, 3.05) is 7.11 Å². The first kappa shape index (κ1) is 13.4. The van der Waals surface area contributed by atoms with Crippen molar-refractivity contribution in [2.24, 2.45) is 0 Å². The predicted octanol–water partition coefficient (Wildman–Crippen LogP) is 2.67. The molecule has 0 amide bonds. The standard InChI is InChI=1S/C15H17NO3/c1-18-15(17)10-13(14-8-5-9-19-14)16-11-12-6-3-2-4-7-12/h2-9,13,16H,10-11H2,1H3/t13-/m0/s1. The smallest absolute Gasteiger partial charge is 0.307 e. The highest BCUT2D eigenvalue weighted by atomic mass is 16.5. The molecule has 4 heteroatoms. The Balaban J connectivity index is 2.00. The maximum atomic E-state index is 11.4. The quantitative estimate of drug-likeness (QED) is 0.810. The molecular weight excluding hydrogens is 242 g/mol. The van der Waals surface area contributed by atoms with Crippen LogP contribution in [0.4, 0.5) is 0 Å². The SMILES string of the molecule is COC(=O)C[C@H](NCc1ccccc1)c1ccco1. The Morgan fingerprint density at radius 3 is 2.68 bits per heavy atom. The number of ether oxygens (including phenoxy) is 1. The molecule has 0 saturated heterocycles. The van der Waals surface area contributed by atoms with E-state index in [0.29, 0.717) is 6.54 Å². The molecule has 1 atom stereocenters. The Morgan fingerprint density at radius 1 is 1.26 bits per heavy atom. The molecule has 0 fully saturated rings. The summed E-state index contributed by atoms with van der Waals surface area (Å²) in [7, 11) is 1.39. The van der Waals surface area contributed by atoms with E-state index in [1.54, 1.807) is 6.26 Å². The normalized spacial score (nSPS) is 12.1. The first-order chi connectivity index (χ1) is 9.29. The van der Waals surface area contributed by atoms with Gasteiger partial charge in [0.1, 0.15) is 5.76 Å². The fourth-order valence-corrected chi connectivity index (χ4v) is 1.85. The molecular formula is C15H17NO3. The van der Waals surface area contributed by atoms with Crippen LogP contribution in [0.25, 0.3) is 0 Å². The molecule has 0 bridgehead atoms. The van der Waals surface area contributed by atoms with Crippen molar-refractivity contribution < 1.29 is 13.9 Å². The Morgan fingerprint density at radius 2 is 2.05 bits per heavy atom. The van der Waals surface area contributed by atoms with Gasteiger partial charge in [-0.15, -0.1) is 0 Å². The fraction of sp³-hybridized carbons (Fsp3) is 0.267. The minimum atomic E-state index is -0.262. The summed E-state index contributed by atoms with van der Waals surface area (Å²) >= 11 is 0. The van der Waals surface area contributed by atoms with Crippen LogP contribution in [0.2, 0.25) is 0 Å². The lowest BCUT2D eigenvalue weighted by atomic mass is 10.1. The number of carbonyl (C=O) groups is 1. The van der Waals surface area contributed by atoms with Crippen LogP contribution in [-0.4, -0.2) is 13.1 Å². The second-order valence-electron chi connectivity index (χ2n) is 4.21. The zero-order chi connectivity index (χ0) is 13.5. The summed E-state index contributed by atoms with van der Waals surface area (Å²) < 4.78 is 10.1. The van der Waals surface area contributed by atoms with Crippen LogP contribution in [0.15, 0.2) is 53.1 Å².